The molecule has 0 saturated carbocycles. The molecule has 1 amide bonds. The highest BCUT2D eigenvalue weighted by Crippen LogP contribution is 2.35. The molecule has 0 fully saturated rings. The number of hydrogen-bond acceptors (Lipinski definition) is 3. The molecule has 3 nitrogen and oxygen atoms in total. The third-order valence-corrected chi connectivity index (χ3v) is 4.11. The number of ketones is 1. The largest absolute Gasteiger partial charge is 0.303 e. The van der Waals surface area contributed by atoms with E-state index in [0.717, 1.165) is 17.9 Å². The van der Waals surface area contributed by atoms with Crippen LogP contribution in [0.3, 0.4) is 0 Å². The second kappa shape index (κ2) is 5.76. The van der Waals surface area contributed by atoms with Crippen LogP contribution in [0.1, 0.15) is 23.7 Å². The van der Waals surface area contributed by atoms with Gasteiger partial charge in [-0.2, -0.15) is 11.8 Å². The number of fused-ring (bicyclic) bond motifs is 1. The minimum atomic E-state index is -0.459. The average Bonchev–Trinajstić information content (AvgIpc) is 2.61. The third-order valence-electron chi connectivity index (χ3n) is 2.82. The molecule has 1 aliphatic rings. The summed E-state index contributed by atoms with van der Waals surface area (Å²) in [5, 5.41) is 0.467. The van der Waals surface area contributed by atoms with E-state index in [2.05, 4.69) is 6.92 Å². The normalized spacial score (nSPS) is 14.2. The zero-order valence-electron chi connectivity index (χ0n) is 10.1. The van der Waals surface area contributed by atoms with Crippen molar-refractivity contribution in [1.82, 2.24) is 0 Å². The Bertz CT molecular complexity index is 490. The maximum Gasteiger partial charge on any atom is 0.299 e. The van der Waals surface area contributed by atoms with E-state index in [-0.39, 0.29) is 0 Å². The molecular formula is C13H14ClNO2S. The zero-order chi connectivity index (χ0) is 13.1. The van der Waals surface area contributed by atoms with Crippen molar-refractivity contribution in [2.24, 2.45) is 0 Å². The Balaban J connectivity index is 2.17. The maximum atomic E-state index is 11.9. The molecule has 5 heteroatoms. The van der Waals surface area contributed by atoms with Crippen LogP contribution in [0, 0.1) is 0 Å². The van der Waals surface area contributed by atoms with E-state index < -0.39 is 11.7 Å². The molecule has 0 saturated heterocycles. The van der Waals surface area contributed by atoms with Crippen molar-refractivity contribution in [3.63, 3.8) is 0 Å². The molecule has 0 N–H and O–H groups in total. The van der Waals surface area contributed by atoms with Crippen molar-refractivity contribution >= 4 is 40.7 Å². The van der Waals surface area contributed by atoms with E-state index in [1.54, 1.807) is 18.2 Å². The van der Waals surface area contributed by atoms with Gasteiger partial charge in [0.25, 0.3) is 11.7 Å². The minimum Gasteiger partial charge on any atom is -0.303 e. The van der Waals surface area contributed by atoms with E-state index >= 15 is 0 Å². The monoisotopic (exact) mass is 283 g/mol. The number of hydrogen-bond donors (Lipinski definition) is 0. The lowest BCUT2D eigenvalue weighted by Crippen LogP contribution is -2.31. The van der Waals surface area contributed by atoms with Crippen molar-refractivity contribution in [3.8, 4) is 0 Å². The van der Waals surface area contributed by atoms with Gasteiger partial charge in [0.15, 0.2) is 0 Å². The van der Waals surface area contributed by atoms with Crippen LogP contribution in [0.2, 0.25) is 5.02 Å². The van der Waals surface area contributed by atoms with Gasteiger partial charge in [0.2, 0.25) is 0 Å². The maximum absolute atomic E-state index is 11.9. The molecule has 1 aliphatic heterocycles. The molecule has 18 heavy (non-hydrogen) atoms. The number of thioether (sulfide) groups is 1. The molecule has 1 heterocycles. The second-order valence-corrected chi connectivity index (χ2v) is 5.77. The van der Waals surface area contributed by atoms with E-state index in [4.69, 9.17) is 11.6 Å². The summed E-state index contributed by atoms with van der Waals surface area (Å²) in [4.78, 5) is 25.2. The summed E-state index contributed by atoms with van der Waals surface area (Å²) in [7, 11) is 0. The van der Waals surface area contributed by atoms with Gasteiger partial charge in [-0.25, -0.2) is 0 Å². The van der Waals surface area contributed by atoms with Gasteiger partial charge in [-0.05, 0) is 30.1 Å². The number of nitrogens with zero attached hydrogens (tertiary/aromatic N) is 1. The van der Waals surface area contributed by atoms with Crippen molar-refractivity contribution in [1.29, 1.82) is 0 Å². The van der Waals surface area contributed by atoms with Crippen LogP contribution in [0.5, 0.6) is 0 Å². The summed E-state index contributed by atoms with van der Waals surface area (Å²) < 4.78 is 0. The van der Waals surface area contributed by atoms with Crippen molar-refractivity contribution in [2.45, 2.75) is 13.3 Å². The lowest BCUT2D eigenvalue weighted by atomic mass is 10.1. The minimum absolute atomic E-state index is 0.427. The number of Topliss-reactive ketones (excluding diaryl/α,β-unsaturated/α-hetero) is 1. The van der Waals surface area contributed by atoms with Gasteiger partial charge >= 0.3 is 0 Å². The first kappa shape index (κ1) is 13.4. The van der Waals surface area contributed by atoms with Crippen LogP contribution in [0.15, 0.2) is 18.2 Å². The Morgan fingerprint density at radius 1 is 1.33 bits per heavy atom. The van der Waals surface area contributed by atoms with Gasteiger partial charge in [-0.3, -0.25) is 9.59 Å². The molecule has 0 bridgehead atoms. The first-order valence-corrected chi connectivity index (χ1v) is 7.42. The summed E-state index contributed by atoms with van der Waals surface area (Å²) in [5.41, 5.74) is 1.01. The molecule has 0 radical (unpaired) electrons. The average molecular weight is 284 g/mol. The third kappa shape index (κ3) is 2.40. The predicted octanol–water partition coefficient (Wildman–Crippen LogP) is 3.01. The van der Waals surface area contributed by atoms with Gasteiger partial charge in [0.1, 0.15) is 0 Å². The van der Waals surface area contributed by atoms with Crippen molar-refractivity contribution < 1.29 is 9.59 Å². The van der Waals surface area contributed by atoms with Crippen molar-refractivity contribution in [3.05, 3.63) is 28.8 Å². The first-order valence-electron chi connectivity index (χ1n) is 5.89. The summed E-state index contributed by atoms with van der Waals surface area (Å²) >= 11 is 7.91. The van der Waals surface area contributed by atoms with Gasteiger partial charge < -0.3 is 4.90 Å². The molecule has 2 rings (SSSR count). The van der Waals surface area contributed by atoms with Gasteiger partial charge in [0.05, 0.1) is 16.3 Å². The standard InChI is InChI=1S/C13H14ClNO2S/c1-2-18-8-4-7-15-11-9(12(16)13(15)17)5-3-6-10(11)14/h3,5-6H,2,4,7-8H2,1H3. The molecule has 1 aromatic carbocycles. The number of rotatable bonds is 5. The van der Waals surface area contributed by atoms with E-state index in [9.17, 15) is 9.59 Å². The Morgan fingerprint density at radius 3 is 2.83 bits per heavy atom. The van der Waals surface area contributed by atoms with E-state index in [0.29, 0.717) is 22.8 Å². The van der Waals surface area contributed by atoms with Gasteiger partial charge in [-0.1, -0.05) is 24.6 Å². The van der Waals surface area contributed by atoms with Crippen LogP contribution < -0.4 is 4.90 Å². The highest BCUT2D eigenvalue weighted by Gasteiger charge is 2.36. The summed E-state index contributed by atoms with van der Waals surface area (Å²) in [6, 6.07) is 5.06. The topological polar surface area (TPSA) is 37.4 Å². The fourth-order valence-electron chi connectivity index (χ4n) is 1.99. The summed E-state index contributed by atoms with van der Waals surface area (Å²) in [6.07, 6.45) is 0.863. The highest BCUT2D eigenvalue weighted by molar-refractivity contribution is 7.99. The second-order valence-electron chi connectivity index (χ2n) is 3.97. The van der Waals surface area contributed by atoms with Crippen LogP contribution >= 0.6 is 23.4 Å². The fourth-order valence-corrected chi connectivity index (χ4v) is 2.89. The van der Waals surface area contributed by atoms with Crippen LogP contribution in [0.25, 0.3) is 0 Å². The molecule has 96 valence electrons. The first-order chi connectivity index (χ1) is 8.66. The van der Waals surface area contributed by atoms with Gasteiger partial charge in [0, 0.05) is 6.54 Å². The van der Waals surface area contributed by atoms with E-state index in [1.807, 2.05) is 11.8 Å². The fraction of sp³-hybridized carbons (Fsp3) is 0.385. The number of carbonyl (C=O) groups is 2. The molecule has 0 aliphatic carbocycles. The van der Waals surface area contributed by atoms with Crippen LogP contribution in [-0.4, -0.2) is 29.7 Å². The summed E-state index contributed by atoms with van der Waals surface area (Å²) in [5.74, 6) is 1.13. The number of amides is 1. The summed E-state index contributed by atoms with van der Waals surface area (Å²) in [6.45, 7) is 2.65. The number of halogens is 1. The predicted molar refractivity (Wildman–Crippen MR) is 75.8 cm³/mol. The number of para-hydroxylation sites is 1. The van der Waals surface area contributed by atoms with Crippen molar-refractivity contribution in [2.75, 3.05) is 23.0 Å². The molecule has 0 unspecified atom stereocenters. The van der Waals surface area contributed by atoms with Gasteiger partial charge in [-0.15, -0.1) is 0 Å². The lowest BCUT2D eigenvalue weighted by molar-refractivity contribution is -0.114. The molecule has 0 spiro atoms. The quantitative estimate of drug-likeness (QED) is 0.616. The molecule has 0 aromatic heterocycles. The number of carbonyl (C=O) groups excluding carboxylic acids is 2. The van der Waals surface area contributed by atoms with E-state index in [1.165, 1.54) is 4.90 Å². The Kier molecular flexibility index (Phi) is 4.30. The zero-order valence-corrected chi connectivity index (χ0v) is 11.7. The Morgan fingerprint density at radius 2 is 2.11 bits per heavy atom. The molecule has 0 atom stereocenters. The van der Waals surface area contributed by atoms with Crippen LogP contribution in [0.4, 0.5) is 5.69 Å². The molecular weight excluding hydrogens is 270 g/mol. The highest BCUT2D eigenvalue weighted by atomic mass is 35.5. The number of benzene rings is 1. The number of anilines is 1. The Labute approximate surface area is 115 Å². The molecule has 1 aromatic rings. The lowest BCUT2D eigenvalue weighted by Gasteiger charge is -2.17. The SMILES string of the molecule is CCSCCCN1C(=O)C(=O)c2cccc(Cl)c21. The Hall–Kier alpha value is -1.00. The van der Waals surface area contributed by atoms with Crippen LogP contribution in [-0.2, 0) is 4.79 Å². The smallest absolute Gasteiger partial charge is 0.299 e.